The summed E-state index contributed by atoms with van der Waals surface area (Å²) in [6.07, 6.45) is 10.5. The monoisotopic (exact) mass is 348 g/mol. The van der Waals surface area contributed by atoms with Crippen LogP contribution in [0.3, 0.4) is 0 Å². The second-order valence-electron chi connectivity index (χ2n) is 10.5. The number of hydrogen-bond acceptors (Lipinski definition) is 3. The standard InChI is InChI=1S/C22H36O3/c1-20(2,24)25-17-13-14-7-5-6-11-21(14,3)16-10-12-22(4)15(19(16)17)8-9-18(22)23/h14-17,19,24H,5-13H2,1-4H3. The molecule has 4 aliphatic carbocycles. The summed E-state index contributed by atoms with van der Waals surface area (Å²) < 4.78 is 6.27. The van der Waals surface area contributed by atoms with Crippen molar-refractivity contribution in [2.45, 2.75) is 97.4 Å². The molecule has 0 saturated heterocycles. The fraction of sp³-hybridized carbons (Fsp3) is 0.955. The van der Waals surface area contributed by atoms with Crippen molar-refractivity contribution >= 4 is 5.78 Å². The summed E-state index contributed by atoms with van der Waals surface area (Å²) in [4.78, 5) is 12.7. The Bertz CT molecular complexity index is 550. The molecule has 0 aliphatic heterocycles. The summed E-state index contributed by atoms with van der Waals surface area (Å²) in [5, 5.41) is 10.4. The smallest absolute Gasteiger partial charge is 0.160 e. The Labute approximate surface area is 152 Å². The summed E-state index contributed by atoms with van der Waals surface area (Å²) >= 11 is 0. The molecule has 25 heavy (non-hydrogen) atoms. The second kappa shape index (κ2) is 5.79. The number of aliphatic hydroxyl groups is 1. The maximum absolute atomic E-state index is 12.7. The number of fused-ring (bicyclic) bond motifs is 5. The van der Waals surface area contributed by atoms with Crippen LogP contribution in [0, 0.1) is 34.5 Å². The molecule has 0 spiro atoms. The zero-order valence-corrected chi connectivity index (χ0v) is 16.5. The third-order valence-electron chi connectivity index (χ3n) is 8.73. The molecule has 4 aliphatic rings. The summed E-state index contributed by atoms with van der Waals surface area (Å²) in [7, 11) is 0. The van der Waals surface area contributed by atoms with E-state index in [4.69, 9.17) is 4.74 Å². The number of rotatable bonds is 2. The molecule has 7 unspecified atom stereocenters. The van der Waals surface area contributed by atoms with Crippen LogP contribution >= 0.6 is 0 Å². The molecule has 4 fully saturated rings. The van der Waals surface area contributed by atoms with Crippen molar-refractivity contribution in [1.29, 1.82) is 0 Å². The lowest BCUT2D eigenvalue weighted by molar-refractivity contribution is -0.261. The van der Waals surface area contributed by atoms with Crippen LogP contribution < -0.4 is 0 Å². The van der Waals surface area contributed by atoms with Crippen LogP contribution in [-0.4, -0.2) is 22.8 Å². The predicted octanol–water partition coefficient (Wildman–Crippen LogP) is 4.71. The average molecular weight is 349 g/mol. The molecule has 0 radical (unpaired) electrons. The Morgan fingerprint density at radius 1 is 1.08 bits per heavy atom. The van der Waals surface area contributed by atoms with Gasteiger partial charge in [-0.3, -0.25) is 4.79 Å². The predicted molar refractivity (Wildman–Crippen MR) is 97.9 cm³/mol. The van der Waals surface area contributed by atoms with Crippen LogP contribution in [0.2, 0.25) is 0 Å². The van der Waals surface area contributed by atoms with Crippen molar-refractivity contribution < 1.29 is 14.6 Å². The van der Waals surface area contributed by atoms with Crippen LogP contribution in [-0.2, 0) is 9.53 Å². The molecule has 0 bridgehead atoms. The van der Waals surface area contributed by atoms with Crippen LogP contribution in [0.25, 0.3) is 0 Å². The van der Waals surface area contributed by atoms with E-state index >= 15 is 0 Å². The second-order valence-corrected chi connectivity index (χ2v) is 10.5. The fourth-order valence-electron chi connectivity index (χ4n) is 7.50. The maximum Gasteiger partial charge on any atom is 0.160 e. The van der Waals surface area contributed by atoms with Gasteiger partial charge in [0.15, 0.2) is 5.79 Å². The first-order valence-corrected chi connectivity index (χ1v) is 10.6. The quantitative estimate of drug-likeness (QED) is 0.735. The van der Waals surface area contributed by atoms with E-state index in [2.05, 4.69) is 13.8 Å². The normalized spacial score (nSPS) is 50.1. The first-order chi connectivity index (χ1) is 11.7. The Hall–Kier alpha value is -0.410. The number of carbonyl (C=O) groups excluding carboxylic acids is 1. The Morgan fingerprint density at radius 2 is 1.84 bits per heavy atom. The summed E-state index contributed by atoms with van der Waals surface area (Å²) in [6, 6.07) is 0. The molecule has 4 rings (SSSR count). The fourth-order valence-corrected chi connectivity index (χ4v) is 7.50. The van der Waals surface area contributed by atoms with Crippen molar-refractivity contribution in [1.82, 2.24) is 0 Å². The first-order valence-electron chi connectivity index (χ1n) is 10.6. The molecule has 0 heterocycles. The molecule has 3 heteroatoms. The van der Waals surface area contributed by atoms with E-state index in [9.17, 15) is 9.90 Å². The Kier molecular flexibility index (Phi) is 4.16. The molecule has 0 amide bonds. The zero-order chi connectivity index (χ0) is 18.0. The molecular weight excluding hydrogens is 312 g/mol. The van der Waals surface area contributed by atoms with Gasteiger partial charge in [0.2, 0.25) is 0 Å². The average Bonchev–Trinajstić information content (AvgIpc) is 2.82. The number of ketones is 1. The van der Waals surface area contributed by atoms with E-state index < -0.39 is 5.79 Å². The SMILES string of the molecule is CC(C)(O)OC1CC2CCCCC2(C)C2CCC3(C)C(=O)CCC3C12. The number of ether oxygens (including phenoxy) is 1. The van der Waals surface area contributed by atoms with Crippen LogP contribution in [0.1, 0.15) is 85.5 Å². The summed E-state index contributed by atoms with van der Waals surface area (Å²) in [5.41, 5.74) is 0.273. The van der Waals surface area contributed by atoms with Gasteiger partial charge in [-0.25, -0.2) is 0 Å². The van der Waals surface area contributed by atoms with E-state index in [-0.39, 0.29) is 11.5 Å². The third kappa shape index (κ3) is 2.72. The highest BCUT2D eigenvalue weighted by Gasteiger charge is 2.62. The lowest BCUT2D eigenvalue weighted by atomic mass is 9.44. The maximum atomic E-state index is 12.7. The van der Waals surface area contributed by atoms with Gasteiger partial charge in [0.25, 0.3) is 0 Å². The molecule has 3 nitrogen and oxygen atoms in total. The van der Waals surface area contributed by atoms with Gasteiger partial charge in [0, 0.05) is 11.8 Å². The molecule has 0 aromatic rings. The Morgan fingerprint density at radius 3 is 2.56 bits per heavy atom. The van der Waals surface area contributed by atoms with Gasteiger partial charge in [-0.15, -0.1) is 0 Å². The van der Waals surface area contributed by atoms with Crippen molar-refractivity contribution in [3.8, 4) is 0 Å². The largest absolute Gasteiger partial charge is 0.366 e. The zero-order valence-electron chi connectivity index (χ0n) is 16.5. The highest BCUT2D eigenvalue weighted by atomic mass is 16.6. The summed E-state index contributed by atoms with van der Waals surface area (Å²) in [6.45, 7) is 8.28. The minimum atomic E-state index is -1.09. The minimum Gasteiger partial charge on any atom is -0.366 e. The summed E-state index contributed by atoms with van der Waals surface area (Å²) in [5.74, 6) is 1.66. The van der Waals surface area contributed by atoms with Crippen molar-refractivity contribution in [3.63, 3.8) is 0 Å². The minimum absolute atomic E-state index is 0.108. The van der Waals surface area contributed by atoms with Crippen molar-refractivity contribution in [2.75, 3.05) is 0 Å². The van der Waals surface area contributed by atoms with Gasteiger partial charge in [0.1, 0.15) is 5.78 Å². The van der Waals surface area contributed by atoms with Crippen molar-refractivity contribution in [3.05, 3.63) is 0 Å². The molecule has 0 aromatic carbocycles. The van der Waals surface area contributed by atoms with Crippen LogP contribution in [0.15, 0.2) is 0 Å². The topological polar surface area (TPSA) is 46.5 Å². The highest BCUT2D eigenvalue weighted by molar-refractivity contribution is 5.87. The van der Waals surface area contributed by atoms with E-state index in [1.807, 2.05) is 0 Å². The van der Waals surface area contributed by atoms with Gasteiger partial charge in [-0.2, -0.15) is 0 Å². The lowest BCUT2D eigenvalue weighted by Crippen LogP contribution is -2.59. The van der Waals surface area contributed by atoms with Gasteiger partial charge in [0.05, 0.1) is 6.10 Å². The van der Waals surface area contributed by atoms with Crippen LogP contribution in [0.5, 0.6) is 0 Å². The van der Waals surface area contributed by atoms with Gasteiger partial charge < -0.3 is 9.84 Å². The molecule has 7 atom stereocenters. The lowest BCUT2D eigenvalue weighted by Gasteiger charge is -2.62. The number of carbonyl (C=O) groups is 1. The van der Waals surface area contributed by atoms with E-state index in [1.54, 1.807) is 13.8 Å². The Balaban J connectivity index is 1.72. The van der Waals surface area contributed by atoms with Crippen LogP contribution in [0.4, 0.5) is 0 Å². The molecular formula is C22H36O3. The van der Waals surface area contributed by atoms with Gasteiger partial charge in [-0.1, -0.05) is 26.7 Å². The van der Waals surface area contributed by atoms with E-state index in [0.717, 1.165) is 31.6 Å². The first kappa shape index (κ1) is 18.0. The molecule has 142 valence electrons. The van der Waals surface area contributed by atoms with Crippen molar-refractivity contribution in [2.24, 2.45) is 34.5 Å². The third-order valence-corrected chi connectivity index (χ3v) is 8.73. The molecule has 4 saturated carbocycles. The molecule has 0 aromatic heterocycles. The van der Waals surface area contributed by atoms with E-state index in [1.165, 1.54) is 32.1 Å². The number of hydrogen-bond donors (Lipinski definition) is 1. The highest BCUT2D eigenvalue weighted by Crippen LogP contribution is 2.66. The van der Waals surface area contributed by atoms with Gasteiger partial charge in [-0.05, 0) is 81.5 Å². The molecule has 1 N–H and O–H groups in total. The number of Topliss-reactive ketones (excluding diaryl/α,β-unsaturated/α-hetero) is 1. The van der Waals surface area contributed by atoms with E-state index in [0.29, 0.717) is 29.0 Å². The van der Waals surface area contributed by atoms with Gasteiger partial charge >= 0.3 is 0 Å².